The third kappa shape index (κ3) is 1.91. The molecule has 0 spiro atoms. The van der Waals surface area contributed by atoms with E-state index in [0.717, 1.165) is 6.54 Å². The maximum Gasteiger partial charge on any atom is 0.310 e. The number of rotatable bonds is 1. The highest BCUT2D eigenvalue weighted by Crippen LogP contribution is 2.15. The molecular weight excluding hydrogens is 146 g/mol. The molecule has 0 amide bonds. The molecule has 1 rings (SSSR count). The Morgan fingerprint density at radius 3 is 2.73 bits per heavy atom. The Kier molecular flexibility index (Phi) is 2.46. The molecule has 0 bridgehead atoms. The van der Waals surface area contributed by atoms with Crippen LogP contribution < -0.4 is 0 Å². The molecule has 0 radical (unpaired) electrons. The highest BCUT2D eigenvalue weighted by molar-refractivity contribution is 5.71. The molecule has 0 aliphatic carbocycles. The Balaban J connectivity index is 2.54. The summed E-state index contributed by atoms with van der Waals surface area (Å²) in [5, 5.41) is 17.9. The molecule has 0 aromatic rings. The largest absolute Gasteiger partial charge is 0.481 e. The predicted octanol–water partition coefficient (Wildman–Crippen LogP) is -0.616. The van der Waals surface area contributed by atoms with Gasteiger partial charge in [0.1, 0.15) is 0 Å². The van der Waals surface area contributed by atoms with Crippen molar-refractivity contribution in [2.24, 2.45) is 5.92 Å². The van der Waals surface area contributed by atoms with E-state index in [2.05, 4.69) is 0 Å². The lowest BCUT2D eigenvalue weighted by atomic mass is 9.95. The summed E-state index contributed by atoms with van der Waals surface area (Å²) in [7, 11) is 1.86. The Hall–Kier alpha value is -0.610. The minimum atomic E-state index is -0.899. The number of nitrogens with zero attached hydrogens (tertiary/aromatic N) is 1. The zero-order chi connectivity index (χ0) is 8.43. The molecule has 0 aromatic carbocycles. The summed E-state index contributed by atoms with van der Waals surface area (Å²) < 4.78 is 0. The van der Waals surface area contributed by atoms with Crippen LogP contribution in [-0.4, -0.2) is 47.3 Å². The van der Waals surface area contributed by atoms with Gasteiger partial charge in [-0.3, -0.25) is 4.79 Å². The van der Waals surface area contributed by atoms with Gasteiger partial charge in [-0.05, 0) is 13.5 Å². The second kappa shape index (κ2) is 3.19. The molecule has 4 heteroatoms. The summed E-state index contributed by atoms with van der Waals surface area (Å²) in [6.07, 6.45) is -0.100. The fourth-order valence-electron chi connectivity index (χ4n) is 1.35. The van der Waals surface area contributed by atoms with Gasteiger partial charge in [-0.1, -0.05) is 0 Å². The summed E-state index contributed by atoms with van der Waals surface area (Å²) in [5.41, 5.74) is 0. The molecule has 4 nitrogen and oxygen atoms in total. The SMILES string of the molecule is CN1CC[C@@H](O)[C@@H](C(=O)O)C1. The maximum absolute atomic E-state index is 10.5. The fraction of sp³-hybridized carbons (Fsp3) is 0.857. The van der Waals surface area contributed by atoms with Gasteiger partial charge in [-0.15, -0.1) is 0 Å². The van der Waals surface area contributed by atoms with Gasteiger partial charge in [-0.25, -0.2) is 0 Å². The summed E-state index contributed by atoms with van der Waals surface area (Å²) in [4.78, 5) is 12.4. The van der Waals surface area contributed by atoms with Crippen molar-refractivity contribution in [3.63, 3.8) is 0 Å². The molecule has 0 unspecified atom stereocenters. The molecule has 11 heavy (non-hydrogen) atoms. The van der Waals surface area contributed by atoms with Crippen LogP contribution in [-0.2, 0) is 4.79 Å². The first kappa shape index (κ1) is 8.49. The molecule has 0 aromatic heterocycles. The second-order valence-electron chi connectivity index (χ2n) is 3.06. The Morgan fingerprint density at radius 1 is 1.64 bits per heavy atom. The summed E-state index contributed by atoms with van der Waals surface area (Å²) in [6.45, 7) is 1.24. The maximum atomic E-state index is 10.5. The number of hydrogen-bond donors (Lipinski definition) is 2. The third-order valence-electron chi connectivity index (χ3n) is 2.10. The Labute approximate surface area is 65.4 Å². The van der Waals surface area contributed by atoms with Crippen LogP contribution in [0.15, 0.2) is 0 Å². The van der Waals surface area contributed by atoms with Crippen LogP contribution in [0.1, 0.15) is 6.42 Å². The average Bonchev–Trinajstić information content (AvgIpc) is 1.94. The molecule has 64 valence electrons. The minimum Gasteiger partial charge on any atom is -0.481 e. The van der Waals surface area contributed by atoms with Crippen molar-refractivity contribution in [1.82, 2.24) is 4.90 Å². The molecule has 1 fully saturated rings. The van der Waals surface area contributed by atoms with Crippen LogP contribution in [0.25, 0.3) is 0 Å². The van der Waals surface area contributed by atoms with Crippen LogP contribution >= 0.6 is 0 Å². The van der Waals surface area contributed by atoms with E-state index in [0.29, 0.717) is 13.0 Å². The summed E-state index contributed by atoms with van der Waals surface area (Å²) >= 11 is 0. The Morgan fingerprint density at radius 2 is 2.27 bits per heavy atom. The quantitative estimate of drug-likeness (QED) is 0.535. The summed E-state index contributed by atoms with van der Waals surface area (Å²) in [5.74, 6) is -1.50. The first-order valence-electron chi connectivity index (χ1n) is 3.70. The molecule has 1 aliphatic rings. The Bertz CT molecular complexity index is 160. The van der Waals surface area contributed by atoms with Crippen LogP contribution in [0.2, 0.25) is 0 Å². The van der Waals surface area contributed by atoms with Crippen molar-refractivity contribution < 1.29 is 15.0 Å². The average molecular weight is 159 g/mol. The van der Waals surface area contributed by atoms with Crippen molar-refractivity contribution in [2.45, 2.75) is 12.5 Å². The van der Waals surface area contributed by atoms with Crippen molar-refractivity contribution in [3.8, 4) is 0 Å². The van der Waals surface area contributed by atoms with E-state index in [-0.39, 0.29) is 0 Å². The van der Waals surface area contributed by atoms with Gasteiger partial charge in [0.05, 0.1) is 12.0 Å². The number of carbonyl (C=O) groups is 1. The second-order valence-corrected chi connectivity index (χ2v) is 3.06. The summed E-state index contributed by atoms with van der Waals surface area (Å²) in [6, 6.07) is 0. The van der Waals surface area contributed by atoms with Gasteiger partial charge in [-0.2, -0.15) is 0 Å². The minimum absolute atomic E-state index is 0.455. The topological polar surface area (TPSA) is 60.8 Å². The van der Waals surface area contributed by atoms with E-state index in [1.807, 2.05) is 11.9 Å². The van der Waals surface area contributed by atoms with Gasteiger partial charge in [0.2, 0.25) is 0 Å². The highest BCUT2D eigenvalue weighted by atomic mass is 16.4. The number of aliphatic hydroxyl groups excluding tert-OH is 1. The molecular formula is C7H13NO3. The standard InChI is InChI=1S/C7H13NO3/c1-8-3-2-6(9)5(4-8)7(10)11/h5-6,9H,2-4H2,1H3,(H,10,11)/t5-,6+/m0/s1. The van der Waals surface area contributed by atoms with Crippen LogP contribution in [0, 0.1) is 5.92 Å². The number of likely N-dealkylation sites (tertiary alicyclic amines) is 1. The number of aliphatic carboxylic acids is 1. The van der Waals surface area contributed by atoms with Crippen LogP contribution in [0.5, 0.6) is 0 Å². The normalized spacial score (nSPS) is 33.6. The van der Waals surface area contributed by atoms with Gasteiger partial charge >= 0.3 is 5.97 Å². The van der Waals surface area contributed by atoms with Gasteiger partial charge in [0, 0.05) is 13.1 Å². The molecule has 1 saturated heterocycles. The van der Waals surface area contributed by atoms with E-state index in [4.69, 9.17) is 5.11 Å². The zero-order valence-electron chi connectivity index (χ0n) is 6.53. The van der Waals surface area contributed by atoms with E-state index < -0.39 is 18.0 Å². The van der Waals surface area contributed by atoms with E-state index in [9.17, 15) is 9.90 Å². The molecule has 2 atom stereocenters. The predicted molar refractivity (Wildman–Crippen MR) is 39.2 cm³/mol. The van der Waals surface area contributed by atoms with Gasteiger partial charge in [0.25, 0.3) is 0 Å². The number of carboxylic acid groups (broad SMARTS) is 1. The molecule has 1 heterocycles. The number of piperidine rings is 1. The first-order valence-corrected chi connectivity index (χ1v) is 3.70. The van der Waals surface area contributed by atoms with Crippen molar-refractivity contribution in [2.75, 3.05) is 20.1 Å². The smallest absolute Gasteiger partial charge is 0.310 e. The van der Waals surface area contributed by atoms with Crippen LogP contribution in [0.4, 0.5) is 0 Å². The number of hydrogen-bond acceptors (Lipinski definition) is 3. The lowest BCUT2D eigenvalue weighted by Crippen LogP contribution is -2.44. The third-order valence-corrected chi connectivity index (χ3v) is 2.10. The van der Waals surface area contributed by atoms with Crippen LogP contribution in [0.3, 0.4) is 0 Å². The first-order chi connectivity index (χ1) is 5.11. The molecule has 1 aliphatic heterocycles. The highest BCUT2D eigenvalue weighted by Gasteiger charge is 2.31. The van der Waals surface area contributed by atoms with Gasteiger partial charge < -0.3 is 15.1 Å². The van der Waals surface area contributed by atoms with E-state index >= 15 is 0 Å². The lowest BCUT2D eigenvalue weighted by Gasteiger charge is -2.31. The van der Waals surface area contributed by atoms with Crippen molar-refractivity contribution in [3.05, 3.63) is 0 Å². The van der Waals surface area contributed by atoms with E-state index in [1.165, 1.54) is 0 Å². The monoisotopic (exact) mass is 159 g/mol. The lowest BCUT2D eigenvalue weighted by molar-refractivity contribution is -0.148. The number of carboxylic acids is 1. The van der Waals surface area contributed by atoms with Crippen molar-refractivity contribution in [1.29, 1.82) is 0 Å². The number of aliphatic hydroxyl groups is 1. The van der Waals surface area contributed by atoms with Gasteiger partial charge in [0.15, 0.2) is 0 Å². The zero-order valence-corrected chi connectivity index (χ0v) is 6.53. The molecule has 0 saturated carbocycles. The van der Waals surface area contributed by atoms with Crippen molar-refractivity contribution >= 4 is 5.97 Å². The fourth-order valence-corrected chi connectivity index (χ4v) is 1.35. The van der Waals surface area contributed by atoms with E-state index in [1.54, 1.807) is 0 Å². The molecule has 2 N–H and O–H groups in total.